The van der Waals surface area contributed by atoms with Gasteiger partial charge in [-0.3, -0.25) is 4.79 Å². The topological polar surface area (TPSA) is 70.2 Å². The van der Waals surface area contributed by atoms with E-state index in [1.165, 1.54) is 12.1 Å². The number of halogens is 2. The molecule has 0 heterocycles. The molecule has 1 aromatic rings. The molecule has 0 radical (unpaired) electrons. The van der Waals surface area contributed by atoms with Crippen LogP contribution in [0.5, 0.6) is 0 Å². The third-order valence-electron chi connectivity index (χ3n) is 2.66. The van der Waals surface area contributed by atoms with Gasteiger partial charge in [0, 0.05) is 30.5 Å². The lowest BCUT2D eigenvalue weighted by Gasteiger charge is -2.09. The van der Waals surface area contributed by atoms with Crippen LogP contribution in [0.25, 0.3) is 0 Å². The lowest BCUT2D eigenvalue weighted by Crippen LogP contribution is -2.37. The number of amides is 3. The number of benzene rings is 1. The van der Waals surface area contributed by atoms with Gasteiger partial charge < -0.3 is 16.0 Å². The first-order valence-electron chi connectivity index (χ1n) is 6.75. The van der Waals surface area contributed by atoms with E-state index in [-0.39, 0.29) is 31.2 Å². The minimum absolute atomic E-state index is 0.0926. The number of nitrogens with one attached hydrogen (secondary N) is 3. The van der Waals surface area contributed by atoms with Gasteiger partial charge in [-0.2, -0.15) is 0 Å². The summed E-state index contributed by atoms with van der Waals surface area (Å²) < 4.78 is 13.8. The van der Waals surface area contributed by atoms with E-state index in [4.69, 9.17) is 0 Å². The number of urea groups is 1. The van der Waals surface area contributed by atoms with Crippen molar-refractivity contribution in [3.05, 3.63) is 34.1 Å². The molecule has 0 fully saturated rings. The number of carbonyl (C=O) groups is 2. The van der Waals surface area contributed by atoms with Gasteiger partial charge in [0.1, 0.15) is 5.82 Å². The van der Waals surface area contributed by atoms with Crippen molar-refractivity contribution in [2.75, 3.05) is 13.1 Å². The van der Waals surface area contributed by atoms with Crippen molar-refractivity contribution >= 4 is 27.9 Å². The summed E-state index contributed by atoms with van der Waals surface area (Å²) in [6, 6.07) is 3.88. The second-order valence-corrected chi connectivity index (χ2v) is 5.30. The average Bonchev–Trinajstić information content (AvgIpc) is 2.46. The van der Waals surface area contributed by atoms with Gasteiger partial charge in [-0.25, -0.2) is 9.18 Å². The molecule has 0 aromatic heterocycles. The maximum Gasteiger partial charge on any atom is 0.315 e. The predicted molar refractivity (Wildman–Crippen MR) is 82.3 cm³/mol. The molecule has 7 heteroatoms. The molecule has 1 aromatic carbocycles. The molecule has 3 N–H and O–H groups in total. The average molecular weight is 360 g/mol. The highest BCUT2D eigenvalue weighted by atomic mass is 79.9. The van der Waals surface area contributed by atoms with Crippen LogP contribution >= 0.6 is 15.9 Å². The van der Waals surface area contributed by atoms with Gasteiger partial charge in [0.25, 0.3) is 0 Å². The van der Waals surface area contributed by atoms with Crippen LogP contribution in [0, 0.1) is 5.82 Å². The molecule has 0 aliphatic rings. The minimum Gasteiger partial charge on any atom is -0.356 e. The molecule has 0 saturated carbocycles. The van der Waals surface area contributed by atoms with Gasteiger partial charge in [-0.15, -0.1) is 0 Å². The largest absolute Gasteiger partial charge is 0.356 e. The molecule has 1 rings (SSSR count). The van der Waals surface area contributed by atoms with E-state index in [2.05, 4.69) is 31.9 Å². The highest BCUT2D eigenvalue weighted by Gasteiger charge is 2.06. The molecule has 0 bridgehead atoms. The zero-order chi connectivity index (χ0) is 15.7. The highest BCUT2D eigenvalue weighted by molar-refractivity contribution is 9.10. The van der Waals surface area contributed by atoms with E-state index in [1.54, 1.807) is 6.07 Å². The Labute approximate surface area is 131 Å². The SMILES string of the molecule is CCCNC(=O)CCNC(=O)NCc1cc(F)ccc1Br. The zero-order valence-electron chi connectivity index (χ0n) is 11.8. The first-order valence-corrected chi connectivity index (χ1v) is 7.54. The quantitative estimate of drug-likeness (QED) is 0.698. The third kappa shape index (κ3) is 7.08. The van der Waals surface area contributed by atoms with E-state index in [0.717, 1.165) is 10.9 Å². The number of hydrogen-bond acceptors (Lipinski definition) is 2. The Kier molecular flexibility index (Phi) is 7.74. The smallest absolute Gasteiger partial charge is 0.315 e. The molecular weight excluding hydrogens is 341 g/mol. The summed E-state index contributed by atoms with van der Waals surface area (Å²) in [5.41, 5.74) is 0.644. The monoisotopic (exact) mass is 359 g/mol. The van der Waals surface area contributed by atoms with Crippen LogP contribution in [0.2, 0.25) is 0 Å². The zero-order valence-corrected chi connectivity index (χ0v) is 13.4. The van der Waals surface area contributed by atoms with E-state index >= 15 is 0 Å². The molecule has 5 nitrogen and oxygen atoms in total. The van der Waals surface area contributed by atoms with Crippen molar-refractivity contribution < 1.29 is 14.0 Å². The van der Waals surface area contributed by atoms with Crippen molar-refractivity contribution in [1.29, 1.82) is 0 Å². The van der Waals surface area contributed by atoms with Crippen molar-refractivity contribution in [2.45, 2.75) is 26.3 Å². The summed E-state index contributed by atoms with van der Waals surface area (Å²) in [5, 5.41) is 7.90. The number of hydrogen-bond donors (Lipinski definition) is 3. The van der Waals surface area contributed by atoms with Crippen molar-refractivity contribution in [3.8, 4) is 0 Å². The maximum absolute atomic E-state index is 13.1. The van der Waals surface area contributed by atoms with Crippen LogP contribution in [0.15, 0.2) is 22.7 Å². The molecule has 0 aliphatic heterocycles. The minimum atomic E-state index is -0.394. The lowest BCUT2D eigenvalue weighted by molar-refractivity contribution is -0.120. The Morgan fingerprint density at radius 3 is 2.67 bits per heavy atom. The Morgan fingerprint density at radius 1 is 1.19 bits per heavy atom. The second-order valence-electron chi connectivity index (χ2n) is 4.45. The third-order valence-corrected chi connectivity index (χ3v) is 3.43. The Hall–Kier alpha value is -1.63. The number of rotatable bonds is 7. The molecule has 0 unspecified atom stereocenters. The van der Waals surface area contributed by atoms with Gasteiger partial charge in [-0.05, 0) is 30.2 Å². The maximum atomic E-state index is 13.1. The summed E-state index contributed by atoms with van der Waals surface area (Å²) in [5.74, 6) is -0.451. The summed E-state index contributed by atoms with van der Waals surface area (Å²) in [4.78, 5) is 22.9. The van der Waals surface area contributed by atoms with Gasteiger partial charge in [0.15, 0.2) is 0 Å². The summed E-state index contributed by atoms with van der Waals surface area (Å²) >= 11 is 3.29. The highest BCUT2D eigenvalue weighted by Crippen LogP contribution is 2.17. The van der Waals surface area contributed by atoms with Crippen LogP contribution in [0.3, 0.4) is 0 Å². The van der Waals surface area contributed by atoms with Crippen LogP contribution in [-0.4, -0.2) is 25.0 Å². The first kappa shape index (κ1) is 17.4. The van der Waals surface area contributed by atoms with Gasteiger partial charge in [-0.1, -0.05) is 22.9 Å². The standard InChI is InChI=1S/C14H19BrFN3O2/c1-2-6-17-13(20)5-7-18-14(21)19-9-10-8-11(16)3-4-12(10)15/h3-4,8H,2,5-7,9H2,1H3,(H,17,20)(H2,18,19,21). The van der Waals surface area contributed by atoms with Crippen LogP contribution in [0.4, 0.5) is 9.18 Å². The van der Waals surface area contributed by atoms with Crippen LogP contribution < -0.4 is 16.0 Å². The van der Waals surface area contributed by atoms with Gasteiger partial charge >= 0.3 is 6.03 Å². The molecule has 0 saturated heterocycles. The van der Waals surface area contributed by atoms with E-state index in [0.29, 0.717) is 12.1 Å². The summed E-state index contributed by atoms with van der Waals surface area (Å²) in [6.45, 7) is 3.06. The van der Waals surface area contributed by atoms with E-state index in [1.807, 2.05) is 6.92 Å². The van der Waals surface area contributed by atoms with Crippen molar-refractivity contribution in [1.82, 2.24) is 16.0 Å². The second kappa shape index (κ2) is 9.33. The molecule has 0 spiro atoms. The van der Waals surface area contributed by atoms with E-state index < -0.39 is 6.03 Å². The Bertz CT molecular complexity index is 497. The molecule has 21 heavy (non-hydrogen) atoms. The summed E-state index contributed by atoms with van der Waals surface area (Å²) in [7, 11) is 0. The molecular formula is C14H19BrFN3O2. The lowest BCUT2D eigenvalue weighted by atomic mass is 10.2. The van der Waals surface area contributed by atoms with Crippen molar-refractivity contribution in [2.24, 2.45) is 0 Å². The molecule has 3 amide bonds. The fraction of sp³-hybridized carbons (Fsp3) is 0.429. The summed E-state index contributed by atoms with van der Waals surface area (Å²) in [6.07, 6.45) is 1.11. The first-order chi connectivity index (χ1) is 10.0. The predicted octanol–water partition coefficient (Wildman–Crippen LogP) is 2.30. The van der Waals surface area contributed by atoms with Crippen LogP contribution in [0.1, 0.15) is 25.3 Å². The molecule has 0 aliphatic carbocycles. The Balaban J connectivity index is 2.25. The van der Waals surface area contributed by atoms with Gasteiger partial charge in [0.2, 0.25) is 5.91 Å². The molecule has 0 atom stereocenters. The van der Waals surface area contributed by atoms with E-state index in [9.17, 15) is 14.0 Å². The Morgan fingerprint density at radius 2 is 1.95 bits per heavy atom. The van der Waals surface area contributed by atoms with Gasteiger partial charge in [0.05, 0.1) is 0 Å². The molecule has 116 valence electrons. The van der Waals surface area contributed by atoms with Crippen LogP contribution in [-0.2, 0) is 11.3 Å². The fourth-order valence-corrected chi connectivity index (χ4v) is 1.95. The normalized spacial score (nSPS) is 10.0. The van der Waals surface area contributed by atoms with Crippen molar-refractivity contribution in [3.63, 3.8) is 0 Å². The fourth-order valence-electron chi connectivity index (χ4n) is 1.56. The number of carbonyl (C=O) groups excluding carboxylic acids is 2.